The number of carbonyl (C=O) groups excluding carboxylic acids is 2. The number of anilines is 2. The van der Waals surface area contributed by atoms with Crippen LogP contribution in [0.4, 0.5) is 16.7 Å². The van der Waals surface area contributed by atoms with E-state index >= 15 is 0 Å². The zero-order chi connectivity index (χ0) is 27.4. The van der Waals surface area contributed by atoms with Gasteiger partial charge in [0.25, 0.3) is 11.1 Å². The van der Waals surface area contributed by atoms with E-state index < -0.39 is 0 Å². The van der Waals surface area contributed by atoms with E-state index in [0.29, 0.717) is 35.0 Å². The Labute approximate surface area is 231 Å². The second-order valence-corrected chi connectivity index (χ2v) is 10.9. The SMILES string of the molecule is Cc1cc(CNCC2CCN(c3nccc(/C=C4\SC(=O)NC4=O)n3)CC2)nc(-c2cnc(N(C)C)nc2)c1. The van der Waals surface area contributed by atoms with Crippen LogP contribution in [0.2, 0.25) is 0 Å². The van der Waals surface area contributed by atoms with Gasteiger partial charge in [-0.3, -0.25) is 19.9 Å². The van der Waals surface area contributed by atoms with Crippen LogP contribution in [0.15, 0.2) is 41.7 Å². The third-order valence-corrected chi connectivity index (χ3v) is 7.39. The normalized spacial score (nSPS) is 17.1. The molecule has 3 aromatic rings. The Morgan fingerprint density at radius 1 is 1.13 bits per heavy atom. The van der Waals surface area contributed by atoms with E-state index in [1.165, 1.54) is 0 Å². The van der Waals surface area contributed by atoms with Gasteiger partial charge < -0.3 is 15.1 Å². The standard InChI is InChI=1S/C27H31N9O2S/c1-17-10-21(32-22(11-17)19-14-30-25(31-15-19)35(2)3)16-28-13-18-5-8-36(9-6-18)26-29-7-4-20(33-26)12-23-24(37)34-27(38)39-23/h4,7,10-12,14-15,18,28H,5-6,8-9,13,16H2,1-3H3,(H,34,37,38)/b23-12-. The summed E-state index contributed by atoms with van der Waals surface area (Å²) in [5.74, 6) is 1.48. The van der Waals surface area contributed by atoms with Gasteiger partial charge >= 0.3 is 0 Å². The Hall–Kier alpha value is -3.90. The van der Waals surface area contributed by atoms with Crippen LogP contribution in [0.25, 0.3) is 17.3 Å². The number of hydrogen-bond acceptors (Lipinski definition) is 11. The predicted octanol–water partition coefficient (Wildman–Crippen LogP) is 3.03. The summed E-state index contributed by atoms with van der Waals surface area (Å²) in [4.78, 5) is 50.3. The van der Waals surface area contributed by atoms with Gasteiger partial charge in [-0.15, -0.1) is 0 Å². The molecule has 12 heteroatoms. The molecule has 202 valence electrons. The number of nitrogens with zero attached hydrogens (tertiary/aromatic N) is 7. The molecule has 2 fully saturated rings. The van der Waals surface area contributed by atoms with Crippen molar-refractivity contribution < 1.29 is 9.59 Å². The van der Waals surface area contributed by atoms with Crippen molar-refractivity contribution in [3.8, 4) is 11.3 Å². The molecule has 0 aliphatic carbocycles. The Kier molecular flexibility index (Phi) is 8.13. The van der Waals surface area contributed by atoms with E-state index in [-0.39, 0.29) is 11.1 Å². The Morgan fingerprint density at radius 3 is 2.59 bits per heavy atom. The maximum absolute atomic E-state index is 11.8. The van der Waals surface area contributed by atoms with Crippen LogP contribution in [0.3, 0.4) is 0 Å². The second-order valence-electron chi connectivity index (χ2n) is 9.88. The van der Waals surface area contributed by atoms with E-state index in [4.69, 9.17) is 4.98 Å². The highest BCUT2D eigenvalue weighted by molar-refractivity contribution is 8.18. The number of rotatable bonds is 8. The molecule has 0 atom stereocenters. The number of amides is 2. The molecule has 0 aromatic carbocycles. The first-order valence-corrected chi connectivity index (χ1v) is 13.7. The fourth-order valence-electron chi connectivity index (χ4n) is 4.55. The molecule has 0 saturated carbocycles. The van der Waals surface area contributed by atoms with E-state index in [1.54, 1.807) is 18.3 Å². The predicted molar refractivity (Wildman–Crippen MR) is 152 cm³/mol. The lowest BCUT2D eigenvalue weighted by atomic mass is 9.97. The average Bonchev–Trinajstić information content (AvgIpc) is 3.25. The summed E-state index contributed by atoms with van der Waals surface area (Å²) in [5.41, 5.74) is 4.54. The van der Waals surface area contributed by atoms with Crippen molar-refractivity contribution in [2.75, 3.05) is 43.5 Å². The number of aromatic nitrogens is 5. The number of thioether (sulfide) groups is 1. The smallest absolute Gasteiger partial charge is 0.290 e. The molecule has 5 rings (SSSR count). The number of aryl methyl sites for hydroxylation is 1. The summed E-state index contributed by atoms with van der Waals surface area (Å²) in [5, 5.41) is 5.49. The van der Waals surface area contributed by atoms with Crippen molar-refractivity contribution >= 4 is 40.9 Å². The monoisotopic (exact) mass is 545 g/mol. The van der Waals surface area contributed by atoms with Crippen LogP contribution in [0.5, 0.6) is 0 Å². The topological polar surface area (TPSA) is 129 Å². The van der Waals surface area contributed by atoms with Gasteiger partial charge in [-0.25, -0.2) is 19.9 Å². The van der Waals surface area contributed by atoms with E-state index in [2.05, 4.69) is 54.5 Å². The molecule has 5 heterocycles. The molecule has 2 saturated heterocycles. The molecule has 0 spiro atoms. The van der Waals surface area contributed by atoms with Gasteiger partial charge in [0, 0.05) is 57.9 Å². The third kappa shape index (κ3) is 6.76. The molecule has 2 aliphatic heterocycles. The fraction of sp³-hybridized carbons (Fsp3) is 0.370. The van der Waals surface area contributed by atoms with Crippen LogP contribution in [0, 0.1) is 12.8 Å². The van der Waals surface area contributed by atoms with Crippen LogP contribution in [0.1, 0.15) is 29.8 Å². The molecule has 39 heavy (non-hydrogen) atoms. The first-order valence-electron chi connectivity index (χ1n) is 12.8. The molecular weight excluding hydrogens is 514 g/mol. The summed E-state index contributed by atoms with van der Waals surface area (Å²) < 4.78 is 0. The highest BCUT2D eigenvalue weighted by Crippen LogP contribution is 2.26. The maximum atomic E-state index is 11.8. The minimum absolute atomic E-state index is 0.347. The summed E-state index contributed by atoms with van der Waals surface area (Å²) >= 11 is 0.887. The van der Waals surface area contributed by atoms with Crippen LogP contribution in [-0.2, 0) is 11.3 Å². The van der Waals surface area contributed by atoms with Crippen molar-refractivity contribution in [2.45, 2.75) is 26.3 Å². The van der Waals surface area contributed by atoms with Gasteiger partial charge in [0.2, 0.25) is 11.9 Å². The number of piperidine rings is 1. The van der Waals surface area contributed by atoms with Gasteiger partial charge in [0.15, 0.2) is 0 Å². The molecule has 0 radical (unpaired) electrons. The quantitative estimate of drug-likeness (QED) is 0.405. The zero-order valence-electron chi connectivity index (χ0n) is 22.2. The zero-order valence-corrected chi connectivity index (χ0v) is 23.0. The summed E-state index contributed by atoms with van der Waals surface area (Å²) in [6.07, 6.45) is 9.00. The number of pyridine rings is 1. The van der Waals surface area contributed by atoms with E-state index in [0.717, 1.165) is 66.8 Å². The van der Waals surface area contributed by atoms with Crippen molar-refractivity contribution in [3.63, 3.8) is 0 Å². The Balaban J connectivity index is 1.13. The lowest BCUT2D eigenvalue weighted by molar-refractivity contribution is -0.115. The van der Waals surface area contributed by atoms with Crippen molar-refractivity contribution in [1.29, 1.82) is 0 Å². The summed E-state index contributed by atoms with van der Waals surface area (Å²) in [6.45, 7) is 5.39. The summed E-state index contributed by atoms with van der Waals surface area (Å²) in [6, 6.07) is 5.90. The Bertz CT molecular complexity index is 1390. The minimum Gasteiger partial charge on any atom is -0.347 e. The largest absolute Gasteiger partial charge is 0.347 e. The highest BCUT2D eigenvalue weighted by Gasteiger charge is 2.26. The molecule has 3 aromatic heterocycles. The highest BCUT2D eigenvalue weighted by atomic mass is 32.2. The first-order chi connectivity index (χ1) is 18.8. The fourth-order valence-corrected chi connectivity index (χ4v) is 5.22. The van der Waals surface area contributed by atoms with Crippen molar-refractivity contribution in [3.05, 3.63) is 58.6 Å². The molecule has 0 unspecified atom stereocenters. The Morgan fingerprint density at radius 2 is 1.90 bits per heavy atom. The van der Waals surface area contributed by atoms with Gasteiger partial charge in [-0.2, -0.15) is 0 Å². The average molecular weight is 546 g/mol. The van der Waals surface area contributed by atoms with Gasteiger partial charge in [-0.1, -0.05) is 0 Å². The lowest BCUT2D eigenvalue weighted by Crippen LogP contribution is -2.38. The number of nitrogens with one attached hydrogen (secondary N) is 2. The van der Waals surface area contributed by atoms with Crippen LogP contribution < -0.4 is 20.4 Å². The molecule has 2 aliphatic rings. The van der Waals surface area contributed by atoms with Crippen LogP contribution >= 0.6 is 11.8 Å². The molecule has 2 N–H and O–H groups in total. The first kappa shape index (κ1) is 26.7. The minimum atomic E-state index is -0.386. The molecular formula is C27H31N9O2S. The number of carbonyl (C=O) groups is 2. The third-order valence-electron chi connectivity index (χ3n) is 6.58. The summed E-state index contributed by atoms with van der Waals surface area (Å²) in [7, 11) is 3.84. The second kappa shape index (κ2) is 11.9. The van der Waals surface area contributed by atoms with Gasteiger partial charge in [0.1, 0.15) is 0 Å². The van der Waals surface area contributed by atoms with Crippen molar-refractivity contribution in [2.24, 2.45) is 5.92 Å². The van der Waals surface area contributed by atoms with E-state index in [1.807, 2.05) is 31.4 Å². The van der Waals surface area contributed by atoms with Gasteiger partial charge in [0.05, 0.1) is 22.0 Å². The number of imide groups is 1. The van der Waals surface area contributed by atoms with Gasteiger partial charge in [-0.05, 0) is 73.8 Å². The lowest BCUT2D eigenvalue weighted by Gasteiger charge is -2.32. The maximum Gasteiger partial charge on any atom is 0.290 e. The molecule has 11 nitrogen and oxygen atoms in total. The van der Waals surface area contributed by atoms with Crippen molar-refractivity contribution in [1.82, 2.24) is 35.6 Å². The van der Waals surface area contributed by atoms with Crippen LogP contribution in [-0.4, -0.2) is 69.8 Å². The van der Waals surface area contributed by atoms with E-state index in [9.17, 15) is 9.59 Å². The molecule has 2 amide bonds. The number of hydrogen-bond donors (Lipinski definition) is 2. The molecule has 0 bridgehead atoms.